The van der Waals surface area contributed by atoms with Crippen molar-refractivity contribution in [3.63, 3.8) is 0 Å². The second-order valence-corrected chi connectivity index (χ2v) is 9.47. The third-order valence-corrected chi connectivity index (χ3v) is 6.89. The van der Waals surface area contributed by atoms with Crippen LogP contribution < -0.4 is 10.6 Å². The number of nitrogens with zero attached hydrogens (tertiary/aromatic N) is 3. The van der Waals surface area contributed by atoms with E-state index in [1.165, 1.54) is 19.3 Å². The fraction of sp³-hybridized carbons (Fsp3) is 0.818. The predicted octanol–water partition coefficient (Wildman–Crippen LogP) is 1.62. The maximum atomic E-state index is 13.0. The third kappa shape index (κ3) is 5.83. The highest BCUT2D eigenvalue weighted by Gasteiger charge is 2.41. The molecule has 2 aliphatic carbocycles. The number of carboxylic acid groups (broad SMARTS) is 1. The van der Waals surface area contributed by atoms with Gasteiger partial charge in [0.05, 0.1) is 12.1 Å². The van der Waals surface area contributed by atoms with Crippen LogP contribution in [0.2, 0.25) is 0 Å². The van der Waals surface area contributed by atoms with Gasteiger partial charge < -0.3 is 25.0 Å². The minimum Gasteiger partial charge on any atom is -0.481 e. The number of rotatable bonds is 5. The molecule has 1 aromatic heterocycles. The molecule has 3 N–H and O–H groups in total. The van der Waals surface area contributed by atoms with Crippen LogP contribution in [0.1, 0.15) is 68.3 Å². The van der Waals surface area contributed by atoms with Crippen molar-refractivity contribution in [2.24, 2.45) is 17.8 Å². The molecular formula is C22H35N5O4. The average Bonchev–Trinajstić information content (AvgIpc) is 3.38. The summed E-state index contributed by atoms with van der Waals surface area (Å²) in [6.07, 6.45) is 9.11. The van der Waals surface area contributed by atoms with E-state index in [9.17, 15) is 4.79 Å². The first-order valence-corrected chi connectivity index (χ1v) is 11.8. The van der Waals surface area contributed by atoms with Gasteiger partial charge in [-0.3, -0.25) is 9.59 Å². The van der Waals surface area contributed by atoms with E-state index >= 15 is 0 Å². The van der Waals surface area contributed by atoms with Crippen molar-refractivity contribution in [1.29, 1.82) is 0 Å². The molecule has 3 fully saturated rings. The van der Waals surface area contributed by atoms with Crippen molar-refractivity contribution >= 4 is 11.9 Å². The molecule has 9 nitrogen and oxygen atoms in total. The second kappa shape index (κ2) is 10.1. The number of hydrogen-bond acceptors (Lipinski definition) is 6. The second-order valence-electron chi connectivity index (χ2n) is 9.47. The van der Waals surface area contributed by atoms with E-state index in [-0.39, 0.29) is 18.1 Å². The van der Waals surface area contributed by atoms with Crippen molar-refractivity contribution in [2.45, 2.75) is 77.0 Å². The highest BCUT2D eigenvalue weighted by molar-refractivity contribution is 5.91. The van der Waals surface area contributed by atoms with Crippen molar-refractivity contribution in [2.75, 3.05) is 19.7 Å². The van der Waals surface area contributed by atoms with Crippen LogP contribution in [0.5, 0.6) is 0 Å². The highest BCUT2D eigenvalue weighted by atomic mass is 16.5. The van der Waals surface area contributed by atoms with E-state index < -0.39 is 5.97 Å². The molecule has 4 atom stereocenters. The van der Waals surface area contributed by atoms with Crippen LogP contribution in [0, 0.1) is 17.8 Å². The van der Waals surface area contributed by atoms with Crippen LogP contribution in [-0.2, 0) is 22.5 Å². The number of aromatic nitrogens is 3. The summed E-state index contributed by atoms with van der Waals surface area (Å²) in [5.74, 6) is 2.61. The van der Waals surface area contributed by atoms with E-state index in [2.05, 4.69) is 20.8 Å². The number of carboxylic acids is 1. The van der Waals surface area contributed by atoms with Crippen LogP contribution in [-0.4, -0.2) is 63.6 Å². The molecular weight excluding hydrogens is 398 g/mol. The Bertz CT molecular complexity index is 774. The largest absolute Gasteiger partial charge is 0.481 e. The number of amides is 1. The maximum absolute atomic E-state index is 13.0. The SMILES string of the molecule is CC(=O)O.O=C(N[C@H]1C[C@H]2CNC[C@H]2C[C@@H]1OCC1CC1)c1nnc2n1CCCCC2. The number of aliphatic carboxylic acids is 1. The molecule has 2 saturated carbocycles. The maximum Gasteiger partial charge on any atom is 0.300 e. The lowest BCUT2D eigenvalue weighted by molar-refractivity contribution is -0.134. The summed E-state index contributed by atoms with van der Waals surface area (Å²) in [5.41, 5.74) is 0. The minimum atomic E-state index is -0.833. The van der Waals surface area contributed by atoms with Crippen molar-refractivity contribution < 1.29 is 19.4 Å². The zero-order chi connectivity index (χ0) is 21.8. The summed E-state index contributed by atoms with van der Waals surface area (Å²) < 4.78 is 8.33. The molecule has 3 heterocycles. The minimum absolute atomic E-state index is 0.0786. The number of hydrogen-bond donors (Lipinski definition) is 3. The third-order valence-electron chi connectivity index (χ3n) is 6.89. The Morgan fingerprint density at radius 2 is 1.90 bits per heavy atom. The van der Waals surface area contributed by atoms with Crippen molar-refractivity contribution in [3.05, 3.63) is 11.6 Å². The summed E-state index contributed by atoms with van der Waals surface area (Å²) in [5, 5.41) is 22.7. The lowest BCUT2D eigenvalue weighted by Crippen LogP contribution is -2.51. The Morgan fingerprint density at radius 1 is 1.16 bits per heavy atom. The van der Waals surface area contributed by atoms with Crippen molar-refractivity contribution in [1.82, 2.24) is 25.4 Å². The van der Waals surface area contributed by atoms with E-state index in [1.807, 2.05) is 4.57 Å². The molecule has 0 bridgehead atoms. The summed E-state index contributed by atoms with van der Waals surface area (Å²) in [4.78, 5) is 22.0. The first kappa shape index (κ1) is 22.2. The van der Waals surface area contributed by atoms with E-state index in [0.29, 0.717) is 17.7 Å². The van der Waals surface area contributed by atoms with E-state index in [0.717, 1.165) is 77.0 Å². The molecule has 5 rings (SSSR count). The molecule has 1 amide bonds. The summed E-state index contributed by atoms with van der Waals surface area (Å²) >= 11 is 0. The van der Waals surface area contributed by atoms with Gasteiger partial charge in [-0.15, -0.1) is 10.2 Å². The Kier molecular flexibility index (Phi) is 7.22. The fourth-order valence-electron chi connectivity index (χ4n) is 5.05. The van der Waals surface area contributed by atoms with Gasteiger partial charge in [-0.25, -0.2) is 0 Å². The van der Waals surface area contributed by atoms with Crippen LogP contribution >= 0.6 is 0 Å². The van der Waals surface area contributed by atoms with Crippen LogP contribution in [0.4, 0.5) is 0 Å². The van der Waals surface area contributed by atoms with Crippen LogP contribution in [0.15, 0.2) is 0 Å². The van der Waals surface area contributed by atoms with Gasteiger partial charge in [0.25, 0.3) is 11.9 Å². The molecule has 31 heavy (non-hydrogen) atoms. The number of fused-ring (bicyclic) bond motifs is 2. The quantitative estimate of drug-likeness (QED) is 0.646. The Hall–Kier alpha value is -2.00. The highest BCUT2D eigenvalue weighted by Crippen LogP contribution is 2.36. The van der Waals surface area contributed by atoms with Gasteiger partial charge in [-0.2, -0.15) is 0 Å². The van der Waals surface area contributed by atoms with Gasteiger partial charge in [0.15, 0.2) is 0 Å². The predicted molar refractivity (Wildman–Crippen MR) is 114 cm³/mol. The number of carbonyl (C=O) groups is 2. The molecule has 172 valence electrons. The first-order chi connectivity index (χ1) is 15.0. The van der Waals surface area contributed by atoms with Gasteiger partial charge in [-0.05, 0) is 69.4 Å². The molecule has 0 radical (unpaired) electrons. The fourth-order valence-corrected chi connectivity index (χ4v) is 5.05. The average molecular weight is 434 g/mol. The number of carbonyl (C=O) groups excluding carboxylic acids is 1. The molecule has 1 saturated heterocycles. The van der Waals surface area contributed by atoms with Crippen LogP contribution in [0.25, 0.3) is 0 Å². The van der Waals surface area contributed by atoms with Gasteiger partial charge in [0.1, 0.15) is 5.82 Å². The van der Waals surface area contributed by atoms with E-state index in [1.54, 1.807) is 0 Å². The molecule has 0 spiro atoms. The Labute approximate surface area is 183 Å². The smallest absolute Gasteiger partial charge is 0.300 e. The van der Waals surface area contributed by atoms with Crippen LogP contribution in [0.3, 0.4) is 0 Å². The molecule has 2 aliphatic heterocycles. The molecule has 1 aromatic rings. The number of ether oxygens (including phenoxy) is 1. The Balaban J connectivity index is 0.000000535. The summed E-state index contributed by atoms with van der Waals surface area (Å²) in [7, 11) is 0. The van der Waals surface area contributed by atoms with E-state index in [4.69, 9.17) is 14.6 Å². The number of nitrogens with one attached hydrogen (secondary N) is 2. The van der Waals surface area contributed by atoms with Gasteiger partial charge in [0.2, 0.25) is 5.82 Å². The number of aryl methyl sites for hydroxylation is 1. The lowest BCUT2D eigenvalue weighted by atomic mass is 9.77. The molecule has 9 heteroatoms. The first-order valence-electron chi connectivity index (χ1n) is 11.8. The zero-order valence-electron chi connectivity index (χ0n) is 18.4. The monoisotopic (exact) mass is 433 g/mol. The Morgan fingerprint density at radius 3 is 2.65 bits per heavy atom. The normalized spacial score (nSPS) is 29.7. The zero-order valence-corrected chi connectivity index (χ0v) is 18.4. The molecule has 0 aromatic carbocycles. The summed E-state index contributed by atoms with van der Waals surface area (Å²) in [6.45, 7) is 4.94. The van der Waals surface area contributed by atoms with Crippen molar-refractivity contribution in [3.8, 4) is 0 Å². The summed E-state index contributed by atoms with van der Waals surface area (Å²) in [6, 6.07) is 0.0797. The van der Waals surface area contributed by atoms with Gasteiger partial charge in [0, 0.05) is 26.5 Å². The molecule has 0 unspecified atom stereocenters. The lowest BCUT2D eigenvalue weighted by Gasteiger charge is -2.38. The van der Waals surface area contributed by atoms with Gasteiger partial charge >= 0.3 is 0 Å². The molecule has 4 aliphatic rings. The standard InChI is InChI=1S/C20H31N5O2.C2H4O2/c26-20(19-24-23-18-4-2-1-3-7-25(18)19)22-16-8-14-10-21-11-15(14)9-17(16)27-12-13-5-6-13;1-2(3)4/h13-17,21H,1-12H2,(H,22,26);1H3,(H,3,4)/t14-,15+,16-,17-;/m0./s1. The van der Waals surface area contributed by atoms with Gasteiger partial charge in [-0.1, -0.05) is 6.42 Å². The topological polar surface area (TPSA) is 118 Å².